The predicted octanol–water partition coefficient (Wildman–Crippen LogP) is 2.31. The zero-order chi connectivity index (χ0) is 13.7. The van der Waals surface area contributed by atoms with Gasteiger partial charge in [-0.2, -0.15) is 0 Å². The highest BCUT2D eigenvalue weighted by atomic mass is 79.9. The Bertz CT molecular complexity index is 493. The molecule has 5 nitrogen and oxygen atoms in total. The lowest BCUT2D eigenvalue weighted by Crippen LogP contribution is -2.48. The maximum absolute atomic E-state index is 11.9. The van der Waals surface area contributed by atoms with Gasteiger partial charge in [-0.05, 0) is 34.1 Å². The molecule has 0 heterocycles. The number of amides is 3. The average molecular weight is 333 g/mol. The summed E-state index contributed by atoms with van der Waals surface area (Å²) in [6.45, 7) is 3.58. The van der Waals surface area contributed by atoms with Gasteiger partial charge in [0.1, 0.15) is 0 Å². The Morgan fingerprint density at radius 2 is 2.22 bits per heavy atom. The van der Waals surface area contributed by atoms with E-state index in [2.05, 4.69) is 27.9 Å². The number of hydrazine groups is 1. The normalized spacial score (nSPS) is 9.67. The summed E-state index contributed by atoms with van der Waals surface area (Å²) < 4.78 is 0.524. The van der Waals surface area contributed by atoms with E-state index in [-0.39, 0.29) is 6.54 Å². The van der Waals surface area contributed by atoms with Gasteiger partial charge in [0, 0.05) is 9.50 Å². The summed E-state index contributed by atoms with van der Waals surface area (Å²) in [6.07, 6.45) is 1.45. The van der Waals surface area contributed by atoms with Gasteiger partial charge in [-0.25, -0.2) is 9.80 Å². The number of halogens is 2. The number of primary amides is 1. The Labute approximate surface area is 118 Å². The molecular weight excluding hydrogens is 321 g/mol. The van der Waals surface area contributed by atoms with Gasteiger partial charge in [-0.15, -0.1) is 6.58 Å². The van der Waals surface area contributed by atoms with Crippen molar-refractivity contribution in [3.8, 4) is 0 Å². The van der Waals surface area contributed by atoms with Crippen LogP contribution in [0.5, 0.6) is 0 Å². The maximum atomic E-state index is 11.9. The topological polar surface area (TPSA) is 75.4 Å². The summed E-state index contributed by atoms with van der Waals surface area (Å²) >= 11 is 8.98. The molecular formula is C11H11BrClN3O2. The molecule has 18 heavy (non-hydrogen) atoms. The van der Waals surface area contributed by atoms with E-state index < -0.39 is 11.9 Å². The third kappa shape index (κ3) is 3.75. The predicted molar refractivity (Wildman–Crippen MR) is 73.1 cm³/mol. The van der Waals surface area contributed by atoms with Gasteiger partial charge in [0.05, 0.1) is 12.1 Å². The molecule has 0 spiro atoms. The molecule has 1 aromatic carbocycles. The minimum absolute atomic E-state index is 0.117. The third-order valence-corrected chi connectivity index (χ3v) is 2.88. The first kappa shape index (κ1) is 14.5. The van der Waals surface area contributed by atoms with Crippen molar-refractivity contribution >= 4 is 39.5 Å². The second-order valence-electron chi connectivity index (χ2n) is 3.30. The number of carbonyl (C=O) groups excluding carboxylic acids is 2. The molecule has 0 aliphatic rings. The van der Waals surface area contributed by atoms with Crippen molar-refractivity contribution in [3.05, 3.63) is 45.9 Å². The summed E-state index contributed by atoms with van der Waals surface area (Å²) in [7, 11) is 0. The molecule has 3 amide bonds. The van der Waals surface area contributed by atoms with Gasteiger partial charge in [-0.3, -0.25) is 10.2 Å². The fourth-order valence-corrected chi connectivity index (χ4v) is 2.04. The molecule has 0 fully saturated rings. The number of carbonyl (C=O) groups is 2. The molecule has 0 aromatic heterocycles. The van der Waals surface area contributed by atoms with Crippen molar-refractivity contribution < 1.29 is 9.59 Å². The van der Waals surface area contributed by atoms with E-state index in [1.54, 1.807) is 12.1 Å². The van der Waals surface area contributed by atoms with Crippen LogP contribution >= 0.6 is 27.5 Å². The van der Waals surface area contributed by atoms with Crippen molar-refractivity contribution in [2.75, 3.05) is 6.54 Å². The van der Waals surface area contributed by atoms with Gasteiger partial charge in [0.25, 0.3) is 5.91 Å². The quantitative estimate of drug-likeness (QED) is 0.658. The molecule has 0 unspecified atom stereocenters. The standard InChI is InChI=1S/C11H11BrClN3O2/c1-2-5-16(11(14)18)15-10(17)8-4-3-7(13)6-9(8)12/h2-4,6H,1,5H2,(H2,14,18)(H,15,17). The van der Waals surface area contributed by atoms with Crippen LogP contribution < -0.4 is 11.2 Å². The van der Waals surface area contributed by atoms with Crippen molar-refractivity contribution in [2.45, 2.75) is 0 Å². The van der Waals surface area contributed by atoms with Gasteiger partial charge in [-0.1, -0.05) is 17.7 Å². The van der Waals surface area contributed by atoms with Gasteiger partial charge in [0.2, 0.25) is 0 Å². The number of hydrogen-bond donors (Lipinski definition) is 2. The van der Waals surface area contributed by atoms with Crippen LogP contribution in [0.25, 0.3) is 0 Å². The fourth-order valence-electron chi connectivity index (χ4n) is 1.18. The van der Waals surface area contributed by atoms with Crippen LogP contribution in [0.2, 0.25) is 5.02 Å². The first-order valence-corrected chi connectivity index (χ1v) is 6.06. The highest BCUT2D eigenvalue weighted by Crippen LogP contribution is 2.21. The molecule has 0 saturated heterocycles. The molecule has 3 N–H and O–H groups in total. The highest BCUT2D eigenvalue weighted by Gasteiger charge is 2.15. The van der Waals surface area contributed by atoms with E-state index >= 15 is 0 Å². The largest absolute Gasteiger partial charge is 0.350 e. The van der Waals surface area contributed by atoms with Crippen molar-refractivity contribution in [2.24, 2.45) is 5.73 Å². The van der Waals surface area contributed by atoms with Crippen molar-refractivity contribution in [1.29, 1.82) is 0 Å². The first-order chi connectivity index (χ1) is 8.45. The highest BCUT2D eigenvalue weighted by molar-refractivity contribution is 9.10. The second kappa shape index (κ2) is 6.42. The van der Waals surface area contributed by atoms with Gasteiger partial charge < -0.3 is 5.73 Å². The number of nitrogens with zero attached hydrogens (tertiary/aromatic N) is 1. The summed E-state index contributed by atoms with van der Waals surface area (Å²) in [5.41, 5.74) is 7.81. The van der Waals surface area contributed by atoms with E-state index in [0.29, 0.717) is 15.1 Å². The zero-order valence-corrected chi connectivity index (χ0v) is 11.7. The lowest BCUT2D eigenvalue weighted by molar-refractivity contribution is 0.0845. The SMILES string of the molecule is C=CCN(NC(=O)c1ccc(Cl)cc1Br)C(N)=O. The lowest BCUT2D eigenvalue weighted by Gasteiger charge is -2.19. The van der Waals surface area contributed by atoms with Crippen LogP contribution in [0.15, 0.2) is 35.3 Å². The molecule has 0 saturated carbocycles. The molecule has 0 atom stereocenters. The number of nitrogens with two attached hydrogens (primary N) is 1. The molecule has 0 aliphatic heterocycles. The Morgan fingerprint density at radius 3 is 2.72 bits per heavy atom. The van der Waals surface area contributed by atoms with Crippen LogP contribution in [0.3, 0.4) is 0 Å². The number of benzene rings is 1. The molecule has 0 aliphatic carbocycles. The molecule has 0 bridgehead atoms. The zero-order valence-electron chi connectivity index (χ0n) is 9.32. The fraction of sp³-hybridized carbons (Fsp3) is 0.0909. The van der Waals surface area contributed by atoms with Crippen LogP contribution in [0, 0.1) is 0 Å². The van der Waals surface area contributed by atoms with Gasteiger partial charge >= 0.3 is 6.03 Å². The first-order valence-electron chi connectivity index (χ1n) is 4.89. The van der Waals surface area contributed by atoms with Crippen LogP contribution in [0.1, 0.15) is 10.4 Å². The van der Waals surface area contributed by atoms with Gasteiger partial charge in [0.15, 0.2) is 0 Å². The molecule has 7 heteroatoms. The van der Waals surface area contributed by atoms with E-state index in [1.807, 2.05) is 0 Å². The van der Waals surface area contributed by atoms with E-state index in [1.165, 1.54) is 12.1 Å². The maximum Gasteiger partial charge on any atom is 0.333 e. The summed E-state index contributed by atoms with van der Waals surface area (Å²) in [4.78, 5) is 22.9. The van der Waals surface area contributed by atoms with Crippen molar-refractivity contribution in [3.63, 3.8) is 0 Å². The molecule has 1 aromatic rings. The smallest absolute Gasteiger partial charge is 0.333 e. The molecule has 96 valence electrons. The number of urea groups is 1. The number of hydrogen-bond acceptors (Lipinski definition) is 2. The van der Waals surface area contributed by atoms with E-state index in [0.717, 1.165) is 5.01 Å². The van der Waals surface area contributed by atoms with Crippen molar-refractivity contribution in [1.82, 2.24) is 10.4 Å². The second-order valence-corrected chi connectivity index (χ2v) is 4.59. The Kier molecular flexibility index (Phi) is 5.18. The van der Waals surface area contributed by atoms with E-state index in [4.69, 9.17) is 17.3 Å². The summed E-state index contributed by atoms with van der Waals surface area (Å²) in [5.74, 6) is -0.473. The summed E-state index contributed by atoms with van der Waals surface area (Å²) in [6, 6.07) is 3.92. The number of rotatable bonds is 3. The molecule has 0 radical (unpaired) electrons. The Hall–Kier alpha value is -1.53. The Morgan fingerprint density at radius 1 is 1.56 bits per heavy atom. The minimum atomic E-state index is -0.770. The number of nitrogens with one attached hydrogen (secondary N) is 1. The lowest BCUT2D eigenvalue weighted by atomic mass is 10.2. The third-order valence-electron chi connectivity index (χ3n) is 1.99. The Balaban J connectivity index is 2.86. The molecule has 1 rings (SSSR count). The summed E-state index contributed by atoms with van der Waals surface area (Å²) in [5, 5.41) is 1.45. The van der Waals surface area contributed by atoms with Crippen LogP contribution in [-0.4, -0.2) is 23.5 Å². The minimum Gasteiger partial charge on any atom is -0.350 e. The van der Waals surface area contributed by atoms with Crippen LogP contribution in [-0.2, 0) is 0 Å². The average Bonchev–Trinajstić information content (AvgIpc) is 2.27. The van der Waals surface area contributed by atoms with Crippen LogP contribution in [0.4, 0.5) is 4.79 Å². The monoisotopic (exact) mass is 331 g/mol. The van der Waals surface area contributed by atoms with E-state index in [9.17, 15) is 9.59 Å².